The maximum absolute atomic E-state index is 3.43. The minimum Gasteiger partial charge on any atom is -0.373 e. The van der Waals surface area contributed by atoms with Crippen molar-refractivity contribution < 1.29 is 0 Å². The van der Waals surface area contributed by atoms with Gasteiger partial charge in [-0.3, -0.25) is 4.90 Å². The fourth-order valence-electron chi connectivity index (χ4n) is 2.31. The van der Waals surface area contributed by atoms with Gasteiger partial charge in [-0.1, -0.05) is 18.2 Å². The first-order chi connectivity index (χ1) is 8.27. The largest absolute Gasteiger partial charge is 0.373 e. The molecule has 1 N–H and O–H groups in total. The van der Waals surface area contributed by atoms with Crippen molar-refractivity contribution in [2.75, 3.05) is 44.7 Å². The third-order valence-corrected chi connectivity index (χ3v) is 3.56. The number of nitrogens with one attached hydrogen (secondary N) is 1. The summed E-state index contributed by atoms with van der Waals surface area (Å²) in [6, 6.07) is 11.3. The van der Waals surface area contributed by atoms with E-state index in [-0.39, 0.29) is 24.8 Å². The number of para-hydroxylation sites is 1. The second kappa shape index (κ2) is 9.43. The Morgan fingerprint density at radius 3 is 2.58 bits per heavy atom. The molecule has 3 nitrogen and oxygen atoms in total. The van der Waals surface area contributed by atoms with E-state index in [4.69, 9.17) is 0 Å². The van der Waals surface area contributed by atoms with Crippen LogP contribution in [0, 0.1) is 0 Å². The van der Waals surface area contributed by atoms with E-state index in [1.807, 2.05) is 0 Å². The molecule has 19 heavy (non-hydrogen) atoms. The SMILES string of the molecule is C[C@H]1CNCCN1CCN(C)c1ccccc1.Cl.Cl. The second-order valence-electron chi connectivity index (χ2n) is 4.85. The number of halogens is 2. The maximum Gasteiger partial charge on any atom is 0.0364 e. The summed E-state index contributed by atoms with van der Waals surface area (Å²) in [6.07, 6.45) is 0. The highest BCUT2D eigenvalue weighted by atomic mass is 35.5. The minimum atomic E-state index is 0. The van der Waals surface area contributed by atoms with Crippen molar-refractivity contribution in [1.29, 1.82) is 0 Å². The van der Waals surface area contributed by atoms with E-state index in [1.54, 1.807) is 0 Å². The van der Waals surface area contributed by atoms with E-state index in [0.29, 0.717) is 6.04 Å². The third-order valence-electron chi connectivity index (χ3n) is 3.56. The van der Waals surface area contributed by atoms with Crippen LogP contribution in [0.2, 0.25) is 0 Å². The van der Waals surface area contributed by atoms with E-state index < -0.39 is 0 Å². The van der Waals surface area contributed by atoms with Crippen LogP contribution in [-0.2, 0) is 0 Å². The van der Waals surface area contributed by atoms with Crippen molar-refractivity contribution in [3.63, 3.8) is 0 Å². The Hall–Kier alpha value is -0.480. The molecule has 0 unspecified atom stereocenters. The lowest BCUT2D eigenvalue weighted by atomic mass is 10.2. The van der Waals surface area contributed by atoms with Crippen LogP contribution < -0.4 is 10.2 Å². The lowest BCUT2D eigenvalue weighted by molar-refractivity contribution is 0.178. The topological polar surface area (TPSA) is 18.5 Å². The number of piperazine rings is 1. The summed E-state index contributed by atoms with van der Waals surface area (Å²) >= 11 is 0. The molecule has 1 aliphatic rings. The summed E-state index contributed by atoms with van der Waals surface area (Å²) in [6.45, 7) is 7.95. The molecule has 1 saturated heterocycles. The van der Waals surface area contributed by atoms with Gasteiger partial charge in [-0.2, -0.15) is 0 Å². The van der Waals surface area contributed by atoms with Crippen molar-refractivity contribution in [3.05, 3.63) is 30.3 Å². The monoisotopic (exact) mass is 305 g/mol. The van der Waals surface area contributed by atoms with Crippen molar-refractivity contribution in [2.45, 2.75) is 13.0 Å². The summed E-state index contributed by atoms with van der Waals surface area (Å²) in [5.74, 6) is 0. The zero-order chi connectivity index (χ0) is 12.1. The highest BCUT2D eigenvalue weighted by Crippen LogP contribution is 2.11. The lowest BCUT2D eigenvalue weighted by Crippen LogP contribution is -2.51. The third kappa shape index (κ3) is 5.57. The molecule has 1 aliphatic heterocycles. The summed E-state index contributed by atoms with van der Waals surface area (Å²) in [4.78, 5) is 4.89. The smallest absolute Gasteiger partial charge is 0.0364 e. The molecule has 1 atom stereocenters. The van der Waals surface area contributed by atoms with Crippen molar-refractivity contribution in [2.24, 2.45) is 0 Å². The number of benzene rings is 1. The molecule has 1 heterocycles. The Bertz CT molecular complexity index is 335. The fourth-order valence-corrected chi connectivity index (χ4v) is 2.31. The molecule has 0 aromatic heterocycles. The fraction of sp³-hybridized carbons (Fsp3) is 0.571. The summed E-state index contributed by atoms with van der Waals surface area (Å²) in [7, 11) is 2.17. The van der Waals surface area contributed by atoms with E-state index in [2.05, 4.69) is 59.4 Å². The van der Waals surface area contributed by atoms with Gasteiger partial charge < -0.3 is 10.2 Å². The molecular weight excluding hydrogens is 281 g/mol. The Morgan fingerprint density at radius 1 is 1.26 bits per heavy atom. The Kier molecular flexibility index (Phi) is 9.19. The Morgan fingerprint density at radius 2 is 1.95 bits per heavy atom. The highest BCUT2D eigenvalue weighted by molar-refractivity contribution is 5.85. The average Bonchev–Trinajstić information content (AvgIpc) is 2.38. The average molecular weight is 306 g/mol. The minimum absolute atomic E-state index is 0. The number of rotatable bonds is 4. The first kappa shape index (κ1) is 18.5. The normalized spacial score (nSPS) is 19.2. The number of likely N-dealkylation sites (N-methyl/N-ethyl adjacent to an activating group) is 1. The van der Waals surface area contributed by atoms with Crippen LogP contribution in [0.15, 0.2) is 30.3 Å². The number of hydrogen-bond acceptors (Lipinski definition) is 3. The van der Waals surface area contributed by atoms with Crippen LogP contribution in [-0.4, -0.2) is 50.7 Å². The van der Waals surface area contributed by atoms with E-state index >= 15 is 0 Å². The molecule has 1 aromatic rings. The number of hydrogen-bond donors (Lipinski definition) is 1. The van der Waals surface area contributed by atoms with Crippen LogP contribution >= 0.6 is 24.8 Å². The Labute approximate surface area is 129 Å². The highest BCUT2D eigenvalue weighted by Gasteiger charge is 2.17. The quantitative estimate of drug-likeness (QED) is 0.920. The van der Waals surface area contributed by atoms with Gasteiger partial charge in [0.2, 0.25) is 0 Å². The maximum atomic E-state index is 3.43. The molecular formula is C14H25Cl2N3. The zero-order valence-electron chi connectivity index (χ0n) is 11.7. The number of anilines is 1. The van der Waals surface area contributed by atoms with Gasteiger partial charge in [0.15, 0.2) is 0 Å². The zero-order valence-corrected chi connectivity index (χ0v) is 13.3. The molecule has 0 radical (unpaired) electrons. The van der Waals surface area contributed by atoms with Crippen LogP contribution in [0.3, 0.4) is 0 Å². The van der Waals surface area contributed by atoms with E-state index in [0.717, 1.165) is 26.2 Å². The van der Waals surface area contributed by atoms with Gasteiger partial charge in [-0.25, -0.2) is 0 Å². The van der Waals surface area contributed by atoms with Crippen LogP contribution in [0.4, 0.5) is 5.69 Å². The van der Waals surface area contributed by atoms with Crippen molar-refractivity contribution in [1.82, 2.24) is 10.2 Å². The molecule has 0 aliphatic carbocycles. The molecule has 5 heteroatoms. The Balaban J connectivity index is 0.00000162. The molecule has 0 amide bonds. The van der Waals surface area contributed by atoms with Crippen molar-refractivity contribution >= 4 is 30.5 Å². The van der Waals surface area contributed by atoms with Gasteiger partial charge in [0, 0.05) is 51.5 Å². The second-order valence-corrected chi connectivity index (χ2v) is 4.85. The summed E-state index contributed by atoms with van der Waals surface area (Å²) in [5.41, 5.74) is 1.30. The molecule has 1 fully saturated rings. The van der Waals surface area contributed by atoms with E-state index in [9.17, 15) is 0 Å². The van der Waals surface area contributed by atoms with Crippen LogP contribution in [0.5, 0.6) is 0 Å². The molecule has 0 spiro atoms. The summed E-state index contributed by atoms with van der Waals surface area (Å²) in [5, 5.41) is 3.43. The first-order valence-corrected chi connectivity index (χ1v) is 6.48. The van der Waals surface area contributed by atoms with Gasteiger partial charge in [0.25, 0.3) is 0 Å². The molecule has 2 rings (SSSR count). The lowest BCUT2D eigenvalue weighted by Gasteiger charge is -2.35. The first-order valence-electron chi connectivity index (χ1n) is 6.48. The van der Waals surface area contributed by atoms with Crippen LogP contribution in [0.1, 0.15) is 6.92 Å². The predicted molar refractivity (Wildman–Crippen MR) is 88.1 cm³/mol. The van der Waals surface area contributed by atoms with Gasteiger partial charge in [0.1, 0.15) is 0 Å². The predicted octanol–water partition coefficient (Wildman–Crippen LogP) is 2.26. The molecule has 0 bridgehead atoms. The van der Waals surface area contributed by atoms with Crippen LogP contribution in [0.25, 0.3) is 0 Å². The van der Waals surface area contributed by atoms with Gasteiger partial charge in [-0.15, -0.1) is 24.8 Å². The van der Waals surface area contributed by atoms with Gasteiger partial charge in [0.05, 0.1) is 0 Å². The van der Waals surface area contributed by atoms with Crippen molar-refractivity contribution in [3.8, 4) is 0 Å². The standard InChI is InChI=1S/C14H23N3.2ClH/c1-13-12-15-8-9-17(13)11-10-16(2)14-6-4-3-5-7-14;;/h3-7,13,15H,8-12H2,1-2H3;2*1H/t13-;;/m0../s1. The number of nitrogens with zero attached hydrogens (tertiary/aromatic N) is 2. The van der Waals surface area contributed by atoms with Gasteiger partial charge >= 0.3 is 0 Å². The molecule has 1 aromatic carbocycles. The molecule has 0 saturated carbocycles. The van der Waals surface area contributed by atoms with E-state index in [1.165, 1.54) is 12.2 Å². The van der Waals surface area contributed by atoms with Gasteiger partial charge in [-0.05, 0) is 19.1 Å². The molecule has 110 valence electrons. The summed E-state index contributed by atoms with van der Waals surface area (Å²) < 4.78 is 0.